The van der Waals surface area contributed by atoms with Gasteiger partial charge in [0.15, 0.2) is 6.23 Å². The maximum atomic E-state index is 12.6. The summed E-state index contributed by atoms with van der Waals surface area (Å²) in [4.78, 5) is 37.6. The van der Waals surface area contributed by atoms with Crippen LogP contribution >= 0.6 is 7.82 Å². The number of phosphoric ester groups is 1. The van der Waals surface area contributed by atoms with Crippen LogP contribution in [0.25, 0.3) is 0 Å². The molecule has 11 atom stereocenters. The number of aliphatic hydroxyl groups is 7. The molecule has 4 unspecified atom stereocenters. The number of aliphatic hydroxyl groups excluding tert-OH is 7. The number of aliphatic carboxylic acids is 1. The minimum absolute atomic E-state index is 0.131. The minimum Gasteiger partial charge on any atom is -0.477 e. The SMILES string of the molecule is Nc1ccn([C@@H]2O[C@H](COP(=O)(O)O[C@@]3(C(=O)O)CC(O)[C@@H](O)C([C@H](O)[C@H](O)CO)O3)[C@H](O)C2O)c(=O)n1. The van der Waals surface area contributed by atoms with E-state index < -0.39 is 100.0 Å². The van der Waals surface area contributed by atoms with Crippen molar-refractivity contribution in [1.82, 2.24) is 9.55 Å². The summed E-state index contributed by atoms with van der Waals surface area (Å²) in [5, 5.41) is 79.1. The molecule has 3 rings (SSSR count). The number of ether oxygens (including phenoxy) is 2. The molecular weight excluding hydrogens is 545 g/mol. The van der Waals surface area contributed by atoms with Crippen molar-refractivity contribution in [3.05, 3.63) is 22.7 Å². The van der Waals surface area contributed by atoms with E-state index in [9.17, 15) is 54.8 Å². The van der Waals surface area contributed by atoms with Gasteiger partial charge in [0.25, 0.3) is 5.79 Å². The second-order valence-electron chi connectivity index (χ2n) is 8.59. The number of hydrogen-bond donors (Lipinski definition) is 10. The van der Waals surface area contributed by atoms with E-state index in [2.05, 4.69) is 9.51 Å². The van der Waals surface area contributed by atoms with Gasteiger partial charge in [0.2, 0.25) is 0 Å². The predicted molar refractivity (Wildman–Crippen MR) is 117 cm³/mol. The van der Waals surface area contributed by atoms with Gasteiger partial charge in [-0.1, -0.05) is 0 Å². The van der Waals surface area contributed by atoms with E-state index in [1.165, 1.54) is 6.07 Å². The molecule has 2 aliphatic heterocycles. The van der Waals surface area contributed by atoms with Crippen LogP contribution in [0, 0.1) is 0 Å². The zero-order valence-electron chi connectivity index (χ0n) is 19.3. The van der Waals surface area contributed by atoms with Crippen LogP contribution in [0.1, 0.15) is 12.6 Å². The lowest BCUT2D eigenvalue weighted by molar-refractivity contribution is -0.307. The van der Waals surface area contributed by atoms with E-state index in [0.717, 1.165) is 10.8 Å². The molecule has 38 heavy (non-hydrogen) atoms. The number of nitrogens with zero attached hydrogens (tertiary/aromatic N) is 2. The van der Waals surface area contributed by atoms with E-state index in [1.54, 1.807) is 0 Å². The van der Waals surface area contributed by atoms with Crippen LogP contribution in [0.3, 0.4) is 0 Å². The topological polar surface area (TPSA) is 314 Å². The fourth-order valence-corrected chi connectivity index (χ4v) is 4.84. The zero-order chi connectivity index (χ0) is 28.6. The number of carboxylic acids is 1. The Kier molecular flexibility index (Phi) is 9.26. The van der Waals surface area contributed by atoms with E-state index in [1.807, 2.05) is 0 Å². The van der Waals surface area contributed by atoms with Crippen LogP contribution in [-0.4, -0.2) is 129 Å². The Balaban J connectivity index is 1.74. The van der Waals surface area contributed by atoms with Crippen molar-refractivity contribution in [2.75, 3.05) is 18.9 Å². The quantitative estimate of drug-likeness (QED) is 0.117. The first-order valence-corrected chi connectivity index (χ1v) is 12.4. The van der Waals surface area contributed by atoms with Crippen LogP contribution in [-0.2, 0) is 27.9 Å². The molecule has 216 valence electrons. The summed E-state index contributed by atoms with van der Waals surface area (Å²) in [6.45, 7) is -2.06. The molecule has 0 amide bonds. The first kappa shape index (κ1) is 30.4. The molecule has 0 radical (unpaired) electrons. The molecule has 11 N–H and O–H groups in total. The van der Waals surface area contributed by atoms with Gasteiger partial charge < -0.3 is 61.0 Å². The zero-order valence-corrected chi connectivity index (χ0v) is 20.2. The molecule has 2 aliphatic rings. The van der Waals surface area contributed by atoms with E-state index in [4.69, 9.17) is 24.8 Å². The van der Waals surface area contributed by atoms with Gasteiger partial charge in [-0.2, -0.15) is 4.98 Å². The van der Waals surface area contributed by atoms with Gasteiger partial charge in [-0.15, -0.1) is 0 Å². The first-order chi connectivity index (χ1) is 17.6. The molecule has 0 aromatic carbocycles. The maximum Gasteiger partial charge on any atom is 0.475 e. The van der Waals surface area contributed by atoms with Crippen molar-refractivity contribution < 1.29 is 73.6 Å². The first-order valence-electron chi connectivity index (χ1n) is 10.9. The van der Waals surface area contributed by atoms with E-state index >= 15 is 0 Å². The van der Waals surface area contributed by atoms with E-state index in [0.29, 0.717) is 0 Å². The van der Waals surface area contributed by atoms with Gasteiger partial charge in [0.1, 0.15) is 48.5 Å². The van der Waals surface area contributed by atoms with Crippen LogP contribution in [0.2, 0.25) is 0 Å². The molecule has 0 aliphatic carbocycles. The molecular formula is C18H28N3O16P. The normalized spacial score (nSPS) is 36.9. The molecule has 0 spiro atoms. The summed E-state index contributed by atoms with van der Waals surface area (Å²) in [5.41, 5.74) is 4.45. The lowest BCUT2D eigenvalue weighted by Crippen LogP contribution is -2.63. The monoisotopic (exact) mass is 573 g/mol. The van der Waals surface area contributed by atoms with Crippen molar-refractivity contribution in [1.29, 1.82) is 0 Å². The van der Waals surface area contributed by atoms with Crippen LogP contribution in [0.4, 0.5) is 5.82 Å². The Morgan fingerprint density at radius 3 is 2.50 bits per heavy atom. The smallest absolute Gasteiger partial charge is 0.475 e. The van der Waals surface area contributed by atoms with Crippen molar-refractivity contribution in [3.63, 3.8) is 0 Å². The lowest BCUT2D eigenvalue weighted by atomic mass is 9.91. The Hall–Kier alpha value is -2.10. The maximum absolute atomic E-state index is 12.6. The van der Waals surface area contributed by atoms with Crippen LogP contribution in [0.15, 0.2) is 17.1 Å². The molecule has 0 bridgehead atoms. The fourth-order valence-electron chi connectivity index (χ4n) is 3.88. The molecule has 3 heterocycles. The second-order valence-corrected chi connectivity index (χ2v) is 9.97. The summed E-state index contributed by atoms with van der Waals surface area (Å²) in [5.74, 6) is -5.43. The van der Waals surface area contributed by atoms with Gasteiger partial charge in [0, 0.05) is 12.6 Å². The van der Waals surface area contributed by atoms with Gasteiger partial charge in [0.05, 0.1) is 19.3 Å². The number of nitrogen functional groups attached to an aromatic ring is 1. The summed E-state index contributed by atoms with van der Waals surface area (Å²) < 4.78 is 33.1. The largest absolute Gasteiger partial charge is 0.477 e. The molecule has 0 saturated carbocycles. The van der Waals surface area contributed by atoms with Gasteiger partial charge in [-0.3, -0.25) is 9.09 Å². The molecule has 20 heteroatoms. The van der Waals surface area contributed by atoms with Crippen LogP contribution < -0.4 is 11.4 Å². The summed E-state index contributed by atoms with van der Waals surface area (Å²) in [6, 6.07) is 1.20. The number of aromatic nitrogens is 2. The number of rotatable bonds is 10. The molecule has 1 aromatic rings. The van der Waals surface area contributed by atoms with Gasteiger partial charge in [-0.25, -0.2) is 18.7 Å². The standard InChI is InChI=1S/C18H28N3O16P/c19-9-1-2-21(17(31)20-9)15-13(28)12(27)8(35-15)5-34-38(32,33)37-18(16(29)30)3-6(23)10(25)14(36-18)11(26)7(24)4-22/h1-2,6-8,10-15,22-28H,3-5H2,(H,29,30)(H,32,33)(H2,19,20,31)/t6?,7-,8-,10-,11-,12+,13?,14?,15-,18-/m1/s1. The van der Waals surface area contributed by atoms with Crippen molar-refractivity contribution in [2.24, 2.45) is 0 Å². The number of phosphoric acid groups is 1. The number of anilines is 1. The Labute approximate surface area is 212 Å². The highest BCUT2D eigenvalue weighted by Gasteiger charge is 2.58. The van der Waals surface area contributed by atoms with E-state index in [-0.39, 0.29) is 5.82 Å². The third-order valence-electron chi connectivity index (χ3n) is 5.91. The Morgan fingerprint density at radius 2 is 1.92 bits per heavy atom. The lowest BCUT2D eigenvalue weighted by Gasteiger charge is -2.44. The molecule has 2 fully saturated rings. The molecule has 19 nitrogen and oxygen atoms in total. The molecule has 1 aromatic heterocycles. The third-order valence-corrected chi connectivity index (χ3v) is 6.91. The third kappa shape index (κ3) is 6.20. The average molecular weight is 573 g/mol. The fraction of sp³-hybridized carbons (Fsp3) is 0.722. The average Bonchev–Trinajstić information content (AvgIpc) is 3.12. The van der Waals surface area contributed by atoms with Crippen molar-refractivity contribution >= 4 is 19.6 Å². The number of carbonyl (C=O) groups is 1. The minimum atomic E-state index is -5.48. The summed E-state index contributed by atoms with van der Waals surface area (Å²) >= 11 is 0. The van der Waals surface area contributed by atoms with Crippen molar-refractivity contribution in [3.8, 4) is 0 Å². The predicted octanol–water partition coefficient (Wildman–Crippen LogP) is -5.42. The van der Waals surface area contributed by atoms with Gasteiger partial charge in [-0.05, 0) is 6.07 Å². The summed E-state index contributed by atoms with van der Waals surface area (Å²) in [6.07, 6.45) is -16.9. The Morgan fingerprint density at radius 1 is 1.26 bits per heavy atom. The van der Waals surface area contributed by atoms with Crippen LogP contribution in [0.5, 0.6) is 0 Å². The Bertz CT molecular complexity index is 1110. The number of nitrogens with two attached hydrogens (primary N) is 1. The highest BCUT2D eigenvalue weighted by atomic mass is 31.2. The number of carboxylic acid groups (broad SMARTS) is 1. The van der Waals surface area contributed by atoms with Gasteiger partial charge >= 0.3 is 19.5 Å². The number of hydrogen-bond acceptors (Lipinski definition) is 16. The summed E-state index contributed by atoms with van der Waals surface area (Å²) in [7, 11) is -5.48. The highest BCUT2D eigenvalue weighted by molar-refractivity contribution is 7.47. The second kappa shape index (κ2) is 11.6. The van der Waals surface area contributed by atoms with Crippen molar-refractivity contribution in [2.45, 2.75) is 67.3 Å². The molecule has 2 saturated heterocycles. The highest BCUT2D eigenvalue weighted by Crippen LogP contribution is 2.51.